The Morgan fingerprint density at radius 2 is 2.11 bits per heavy atom. The molecule has 0 aliphatic rings. The number of anilines is 2. The summed E-state index contributed by atoms with van der Waals surface area (Å²) in [6.45, 7) is 3.60. The SMILES string of the molecule is Cc1c(Cl)sc2ncnc(Nc3ccc(F)cc3OC(C)CNS(C)(=O)=O)c12. The van der Waals surface area contributed by atoms with Crippen LogP contribution in [0.25, 0.3) is 10.2 Å². The Balaban J connectivity index is 1.89. The maximum Gasteiger partial charge on any atom is 0.208 e. The molecular weight excluding hydrogens is 427 g/mol. The molecule has 3 aromatic rings. The number of halogens is 2. The van der Waals surface area contributed by atoms with Gasteiger partial charge in [0.05, 0.1) is 21.7 Å². The lowest BCUT2D eigenvalue weighted by Gasteiger charge is -2.18. The van der Waals surface area contributed by atoms with E-state index < -0.39 is 21.9 Å². The maximum atomic E-state index is 13.8. The maximum absolute atomic E-state index is 13.8. The highest BCUT2D eigenvalue weighted by molar-refractivity contribution is 7.88. The predicted octanol–water partition coefficient (Wildman–Crippen LogP) is 3.85. The number of nitrogens with zero attached hydrogens (tertiary/aromatic N) is 2. The van der Waals surface area contributed by atoms with Crippen molar-refractivity contribution in [2.24, 2.45) is 0 Å². The van der Waals surface area contributed by atoms with Crippen LogP contribution in [0.1, 0.15) is 12.5 Å². The lowest BCUT2D eigenvalue weighted by molar-refractivity contribution is 0.225. The summed E-state index contributed by atoms with van der Waals surface area (Å²) in [6.07, 6.45) is 1.95. The second kappa shape index (κ2) is 8.16. The van der Waals surface area contributed by atoms with Crippen LogP contribution in [0.4, 0.5) is 15.9 Å². The predicted molar refractivity (Wildman–Crippen MR) is 110 cm³/mol. The standard InChI is InChI=1S/C17H18ClFN4O3S2/c1-9(7-22-28(3,24)25)26-13-6-11(19)4-5-12(13)23-16-14-10(2)15(18)27-17(14)21-8-20-16/h4-6,8-9,22H,7H2,1-3H3,(H,20,21,23). The summed E-state index contributed by atoms with van der Waals surface area (Å²) in [4.78, 5) is 9.23. The van der Waals surface area contributed by atoms with Gasteiger partial charge < -0.3 is 10.1 Å². The Bertz CT molecular complexity index is 1120. The second-order valence-electron chi connectivity index (χ2n) is 6.22. The van der Waals surface area contributed by atoms with Gasteiger partial charge in [-0.2, -0.15) is 0 Å². The molecule has 0 aliphatic carbocycles. The summed E-state index contributed by atoms with van der Waals surface area (Å²) in [6, 6.07) is 4.05. The van der Waals surface area contributed by atoms with Crippen molar-refractivity contribution < 1.29 is 17.5 Å². The number of rotatable bonds is 7. The first-order valence-electron chi connectivity index (χ1n) is 8.21. The van der Waals surface area contributed by atoms with Gasteiger partial charge in [-0.15, -0.1) is 11.3 Å². The highest BCUT2D eigenvalue weighted by Crippen LogP contribution is 2.38. The fourth-order valence-electron chi connectivity index (χ4n) is 2.49. The van der Waals surface area contributed by atoms with Crippen LogP contribution in [0.5, 0.6) is 5.75 Å². The number of nitrogens with one attached hydrogen (secondary N) is 2. The van der Waals surface area contributed by atoms with Crippen LogP contribution in [0.2, 0.25) is 4.34 Å². The molecule has 28 heavy (non-hydrogen) atoms. The van der Waals surface area contributed by atoms with E-state index in [0.29, 0.717) is 15.8 Å². The molecule has 0 aliphatic heterocycles. The van der Waals surface area contributed by atoms with E-state index in [-0.39, 0.29) is 12.3 Å². The van der Waals surface area contributed by atoms with Gasteiger partial charge in [0.15, 0.2) is 0 Å². The van der Waals surface area contributed by atoms with E-state index in [2.05, 4.69) is 20.0 Å². The van der Waals surface area contributed by atoms with Crippen LogP contribution in [-0.4, -0.2) is 37.3 Å². The Labute approximate surface area is 171 Å². The molecule has 11 heteroatoms. The molecule has 0 saturated heterocycles. The summed E-state index contributed by atoms with van der Waals surface area (Å²) >= 11 is 7.56. The van der Waals surface area contributed by atoms with E-state index >= 15 is 0 Å². The minimum absolute atomic E-state index is 0.0474. The van der Waals surface area contributed by atoms with Crippen molar-refractivity contribution in [3.63, 3.8) is 0 Å². The van der Waals surface area contributed by atoms with Crippen molar-refractivity contribution in [1.29, 1.82) is 0 Å². The van der Waals surface area contributed by atoms with Crippen molar-refractivity contribution >= 4 is 54.7 Å². The summed E-state index contributed by atoms with van der Waals surface area (Å²) in [5.74, 6) is 0.268. The third-order valence-electron chi connectivity index (χ3n) is 3.83. The molecule has 3 rings (SSSR count). The van der Waals surface area contributed by atoms with Crippen molar-refractivity contribution in [3.05, 3.63) is 40.2 Å². The molecule has 0 bridgehead atoms. The molecule has 0 radical (unpaired) electrons. The number of thiophene rings is 1. The van der Waals surface area contributed by atoms with E-state index in [9.17, 15) is 12.8 Å². The van der Waals surface area contributed by atoms with E-state index in [0.717, 1.165) is 22.0 Å². The molecule has 1 aromatic carbocycles. The van der Waals surface area contributed by atoms with E-state index in [1.807, 2.05) is 6.92 Å². The number of aromatic nitrogens is 2. The van der Waals surface area contributed by atoms with Crippen molar-refractivity contribution in [3.8, 4) is 5.75 Å². The Morgan fingerprint density at radius 1 is 1.36 bits per heavy atom. The van der Waals surface area contributed by atoms with Gasteiger partial charge >= 0.3 is 0 Å². The fourth-order valence-corrected chi connectivity index (χ4v) is 4.22. The first-order chi connectivity index (χ1) is 13.1. The molecule has 0 amide bonds. The van der Waals surface area contributed by atoms with Crippen LogP contribution < -0.4 is 14.8 Å². The van der Waals surface area contributed by atoms with Gasteiger partial charge in [0, 0.05) is 12.6 Å². The van der Waals surface area contributed by atoms with Crippen molar-refractivity contribution in [1.82, 2.24) is 14.7 Å². The van der Waals surface area contributed by atoms with Gasteiger partial charge in [-0.05, 0) is 31.5 Å². The van der Waals surface area contributed by atoms with Gasteiger partial charge in [0.25, 0.3) is 0 Å². The number of fused-ring (bicyclic) bond motifs is 1. The third kappa shape index (κ3) is 4.88. The van der Waals surface area contributed by atoms with Crippen LogP contribution in [0, 0.1) is 12.7 Å². The quantitative estimate of drug-likeness (QED) is 0.575. The lowest BCUT2D eigenvalue weighted by atomic mass is 10.2. The topological polar surface area (TPSA) is 93.2 Å². The highest BCUT2D eigenvalue weighted by atomic mass is 35.5. The monoisotopic (exact) mass is 444 g/mol. The van der Waals surface area contributed by atoms with Crippen molar-refractivity contribution in [2.75, 3.05) is 18.1 Å². The number of sulfonamides is 1. The zero-order valence-corrected chi connectivity index (χ0v) is 17.7. The first kappa shape index (κ1) is 20.7. The zero-order chi connectivity index (χ0) is 20.5. The van der Waals surface area contributed by atoms with Gasteiger partial charge in [-0.25, -0.2) is 27.5 Å². The van der Waals surface area contributed by atoms with Gasteiger partial charge in [0.1, 0.15) is 34.6 Å². The molecule has 2 aromatic heterocycles. The molecular formula is C17H18ClFN4O3S2. The van der Waals surface area contributed by atoms with Crippen LogP contribution in [0.3, 0.4) is 0 Å². The normalized spacial score (nSPS) is 12.9. The molecule has 0 fully saturated rings. The van der Waals surface area contributed by atoms with E-state index in [1.54, 1.807) is 6.92 Å². The van der Waals surface area contributed by atoms with Crippen molar-refractivity contribution in [2.45, 2.75) is 20.0 Å². The number of hydrogen-bond donors (Lipinski definition) is 2. The van der Waals surface area contributed by atoms with E-state index in [4.69, 9.17) is 16.3 Å². The molecule has 1 unspecified atom stereocenters. The molecule has 1 atom stereocenters. The smallest absolute Gasteiger partial charge is 0.208 e. The minimum atomic E-state index is -3.35. The van der Waals surface area contributed by atoms with Gasteiger partial charge in [-0.1, -0.05) is 11.6 Å². The molecule has 0 spiro atoms. The van der Waals surface area contributed by atoms with Crippen LogP contribution >= 0.6 is 22.9 Å². The van der Waals surface area contributed by atoms with E-state index in [1.165, 1.54) is 35.9 Å². The molecule has 7 nitrogen and oxygen atoms in total. The third-order valence-corrected chi connectivity index (χ3v) is 6.02. The zero-order valence-electron chi connectivity index (χ0n) is 15.3. The molecule has 2 N–H and O–H groups in total. The number of aryl methyl sites for hydroxylation is 1. The molecule has 150 valence electrons. The minimum Gasteiger partial charge on any atom is -0.487 e. The Morgan fingerprint density at radius 3 is 2.82 bits per heavy atom. The molecule has 2 heterocycles. The average Bonchev–Trinajstić information content (AvgIpc) is 2.90. The number of ether oxygens (including phenoxy) is 1. The number of hydrogen-bond acceptors (Lipinski definition) is 7. The first-order valence-corrected chi connectivity index (χ1v) is 11.3. The molecule has 0 saturated carbocycles. The highest BCUT2D eigenvalue weighted by Gasteiger charge is 2.16. The Hall–Kier alpha value is -2.01. The Kier molecular flexibility index (Phi) is 6.04. The van der Waals surface area contributed by atoms with Crippen LogP contribution in [-0.2, 0) is 10.0 Å². The summed E-state index contributed by atoms with van der Waals surface area (Å²) in [7, 11) is -3.35. The van der Waals surface area contributed by atoms with Gasteiger partial charge in [0.2, 0.25) is 10.0 Å². The fraction of sp³-hybridized carbons (Fsp3) is 0.294. The van der Waals surface area contributed by atoms with Crippen LogP contribution in [0.15, 0.2) is 24.5 Å². The van der Waals surface area contributed by atoms with Gasteiger partial charge in [-0.3, -0.25) is 0 Å². The average molecular weight is 445 g/mol. The summed E-state index contributed by atoms with van der Waals surface area (Å²) in [5.41, 5.74) is 1.33. The second-order valence-corrected chi connectivity index (χ2v) is 9.65. The lowest BCUT2D eigenvalue weighted by Crippen LogP contribution is -2.32. The summed E-state index contributed by atoms with van der Waals surface area (Å²) < 4.78 is 45.0. The largest absolute Gasteiger partial charge is 0.487 e. The summed E-state index contributed by atoms with van der Waals surface area (Å²) in [5, 5.41) is 3.92. The number of benzene rings is 1.